The second kappa shape index (κ2) is 5.37. The smallest absolute Gasteiger partial charge is 0.306 e. The lowest BCUT2D eigenvalue weighted by atomic mass is 9.80. The highest BCUT2D eigenvalue weighted by Crippen LogP contribution is 2.48. The number of nitrogens with one attached hydrogen (secondary N) is 1. The van der Waals surface area contributed by atoms with E-state index in [1.807, 2.05) is 12.1 Å². The van der Waals surface area contributed by atoms with E-state index in [0.717, 1.165) is 6.42 Å². The van der Waals surface area contributed by atoms with Crippen LogP contribution in [0.15, 0.2) is 42.5 Å². The summed E-state index contributed by atoms with van der Waals surface area (Å²) < 4.78 is 0. The van der Waals surface area contributed by atoms with Crippen LogP contribution in [0.25, 0.3) is 10.8 Å². The predicted molar refractivity (Wildman–Crippen MR) is 87.1 cm³/mol. The van der Waals surface area contributed by atoms with Gasteiger partial charge in [-0.2, -0.15) is 0 Å². The second-order valence-corrected chi connectivity index (χ2v) is 6.77. The van der Waals surface area contributed by atoms with E-state index in [-0.39, 0.29) is 23.8 Å². The van der Waals surface area contributed by atoms with Crippen molar-refractivity contribution >= 4 is 22.6 Å². The van der Waals surface area contributed by atoms with Crippen LogP contribution >= 0.6 is 0 Å². The molecule has 1 amide bonds. The Hall–Kier alpha value is -2.36. The fourth-order valence-corrected chi connectivity index (χ4v) is 3.54. The molecule has 2 saturated carbocycles. The molecule has 0 aromatic heterocycles. The van der Waals surface area contributed by atoms with Crippen LogP contribution in [0.5, 0.6) is 0 Å². The van der Waals surface area contributed by atoms with Crippen molar-refractivity contribution < 1.29 is 14.7 Å². The van der Waals surface area contributed by atoms with Crippen molar-refractivity contribution in [3.05, 3.63) is 48.0 Å². The molecular weight excluding hydrogens is 290 g/mol. The maximum absolute atomic E-state index is 12.3. The van der Waals surface area contributed by atoms with E-state index in [2.05, 4.69) is 35.6 Å². The summed E-state index contributed by atoms with van der Waals surface area (Å²) in [6.45, 7) is 0. The van der Waals surface area contributed by atoms with Crippen molar-refractivity contribution in [1.29, 1.82) is 0 Å². The fraction of sp³-hybridized carbons (Fsp3) is 0.368. The Bertz CT molecular complexity index is 779. The highest BCUT2D eigenvalue weighted by molar-refractivity contribution is 5.86. The molecule has 0 bridgehead atoms. The molecule has 118 valence electrons. The molecule has 0 radical (unpaired) electrons. The molecule has 2 aliphatic carbocycles. The fourth-order valence-electron chi connectivity index (χ4n) is 3.54. The lowest BCUT2D eigenvalue weighted by Crippen LogP contribution is -2.47. The highest BCUT2D eigenvalue weighted by atomic mass is 16.4. The van der Waals surface area contributed by atoms with Crippen molar-refractivity contribution in [3.8, 4) is 0 Å². The molecular formula is C19H19NO3. The Morgan fingerprint density at radius 1 is 1.00 bits per heavy atom. The van der Waals surface area contributed by atoms with Crippen molar-refractivity contribution in [2.45, 2.75) is 31.2 Å². The van der Waals surface area contributed by atoms with Gasteiger partial charge in [0.1, 0.15) is 0 Å². The van der Waals surface area contributed by atoms with Gasteiger partial charge in [0, 0.05) is 12.0 Å². The van der Waals surface area contributed by atoms with Gasteiger partial charge < -0.3 is 10.4 Å². The molecule has 4 heteroatoms. The number of benzene rings is 2. The molecule has 23 heavy (non-hydrogen) atoms. The number of carbonyl (C=O) groups is 2. The number of carbonyl (C=O) groups excluding carboxylic acids is 1. The molecule has 4 rings (SSSR count). The first-order chi connectivity index (χ1) is 11.1. The van der Waals surface area contributed by atoms with Gasteiger partial charge in [-0.25, -0.2) is 0 Å². The van der Waals surface area contributed by atoms with Crippen LogP contribution in [0.1, 0.15) is 30.7 Å². The Morgan fingerprint density at radius 3 is 2.48 bits per heavy atom. The van der Waals surface area contributed by atoms with Gasteiger partial charge in [0.25, 0.3) is 0 Å². The molecule has 0 aliphatic heterocycles. The predicted octanol–water partition coefficient (Wildman–Crippen LogP) is 2.92. The van der Waals surface area contributed by atoms with E-state index >= 15 is 0 Å². The largest absolute Gasteiger partial charge is 0.481 e. The van der Waals surface area contributed by atoms with Gasteiger partial charge in [-0.05, 0) is 41.5 Å². The number of rotatable bonds is 4. The number of carboxylic acid groups (broad SMARTS) is 1. The number of fused-ring (bicyclic) bond motifs is 1. The minimum atomic E-state index is -0.754. The quantitative estimate of drug-likeness (QED) is 0.912. The summed E-state index contributed by atoms with van der Waals surface area (Å²) >= 11 is 0. The van der Waals surface area contributed by atoms with Gasteiger partial charge in [-0.1, -0.05) is 42.5 Å². The normalized spacial score (nSPS) is 28.9. The molecule has 2 aromatic carbocycles. The summed E-state index contributed by atoms with van der Waals surface area (Å²) in [5.74, 6) is -0.612. The van der Waals surface area contributed by atoms with E-state index in [9.17, 15) is 9.59 Å². The molecule has 2 atom stereocenters. The average Bonchev–Trinajstić information content (AvgIpc) is 3.30. The molecule has 0 heterocycles. The first-order valence-electron chi connectivity index (χ1n) is 8.13. The van der Waals surface area contributed by atoms with Crippen LogP contribution in [-0.2, 0) is 9.59 Å². The Kier molecular flexibility index (Phi) is 3.33. The van der Waals surface area contributed by atoms with Gasteiger partial charge in [0.05, 0.1) is 5.92 Å². The zero-order chi connectivity index (χ0) is 16.0. The summed E-state index contributed by atoms with van der Waals surface area (Å²) in [5, 5.41) is 14.3. The van der Waals surface area contributed by atoms with Gasteiger partial charge in [-0.15, -0.1) is 0 Å². The summed E-state index contributed by atoms with van der Waals surface area (Å²) in [7, 11) is 0. The molecule has 4 nitrogen and oxygen atoms in total. The lowest BCUT2D eigenvalue weighted by molar-refractivity contribution is -0.146. The number of carboxylic acids is 1. The third-order valence-corrected chi connectivity index (χ3v) is 5.16. The molecule has 2 unspecified atom stereocenters. The van der Waals surface area contributed by atoms with E-state index < -0.39 is 5.97 Å². The summed E-state index contributed by atoms with van der Waals surface area (Å²) in [6, 6.07) is 14.7. The van der Waals surface area contributed by atoms with E-state index in [0.29, 0.717) is 18.8 Å². The van der Waals surface area contributed by atoms with Crippen LogP contribution in [-0.4, -0.2) is 23.0 Å². The zero-order valence-corrected chi connectivity index (χ0v) is 12.7. The minimum Gasteiger partial charge on any atom is -0.481 e. The topological polar surface area (TPSA) is 66.4 Å². The van der Waals surface area contributed by atoms with Gasteiger partial charge >= 0.3 is 5.97 Å². The maximum Gasteiger partial charge on any atom is 0.306 e. The zero-order valence-electron chi connectivity index (χ0n) is 12.7. The summed E-state index contributed by atoms with van der Waals surface area (Å²) in [4.78, 5) is 23.1. The van der Waals surface area contributed by atoms with Crippen molar-refractivity contribution in [2.75, 3.05) is 0 Å². The number of hydrogen-bond acceptors (Lipinski definition) is 2. The summed E-state index contributed by atoms with van der Waals surface area (Å²) in [6.07, 6.45) is 2.02. The lowest BCUT2D eigenvalue weighted by Gasteiger charge is -2.32. The Labute approximate surface area is 134 Å². The molecule has 2 aromatic rings. The van der Waals surface area contributed by atoms with Crippen molar-refractivity contribution in [2.24, 2.45) is 11.8 Å². The summed E-state index contributed by atoms with van der Waals surface area (Å²) in [5.41, 5.74) is 1.22. The molecule has 0 spiro atoms. The van der Waals surface area contributed by atoms with E-state index in [1.165, 1.54) is 16.3 Å². The number of hydrogen-bond donors (Lipinski definition) is 2. The van der Waals surface area contributed by atoms with Gasteiger partial charge in [-0.3, -0.25) is 9.59 Å². The second-order valence-electron chi connectivity index (χ2n) is 6.77. The van der Waals surface area contributed by atoms with Gasteiger partial charge in [0.2, 0.25) is 5.91 Å². The van der Waals surface area contributed by atoms with E-state index in [4.69, 9.17) is 5.11 Å². The van der Waals surface area contributed by atoms with Gasteiger partial charge in [0.15, 0.2) is 0 Å². The SMILES string of the molecule is O=C(O)C1CC(NC(=O)C2CC2c2ccc3ccccc3c2)C1. The molecule has 2 fully saturated rings. The third-order valence-electron chi connectivity index (χ3n) is 5.16. The van der Waals surface area contributed by atoms with Crippen LogP contribution in [0.4, 0.5) is 0 Å². The van der Waals surface area contributed by atoms with Crippen molar-refractivity contribution in [3.63, 3.8) is 0 Å². The van der Waals surface area contributed by atoms with E-state index in [1.54, 1.807) is 0 Å². The Morgan fingerprint density at radius 2 is 1.74 bits per heavy atom. The first kappa shape index (κ1) is 14.2. The van der Waals surface area contributed by atoms with Crippen LogP contribution in [0, 0.1) is 11.8 Å². The van der Waals surface area contributed by atoms with Crippen molar-refractivity contribution in [1.82, 2.24) is 5.32 Å². The van der Waals surface area contributed by atoms with Crippen LogP contribution < -0.4 is 5.32 Å². The average molecular weight is 309 g/mol. The monoisotopic (exact) mass is 309 g/mol. The standard InChI is InChI=1S/C19H19NO3/c21-18(20-15-8-14(9-15)19(22)23)17-10-16(17)13-6-5-11-3-1-2-4-12(11)7-13/h1-7,14-17H,8-10H2,(H,20,21)(H,22,23). The minimum absolute atomic E-state index is 0.0417. The number of amides is 1. The molecule has 2 N–H and O–H groups in total. The maximum atomic E-state index is 12.3. The van der Waals surface area contributed by atoms with Crippen LogP contribution in [0.3, 0.4) is 0 Å². The van der Waals surface area contributed by atoms with Crippen LogP contribution in [0.2, 0.25) is 0 Å². The highest BCUT2D eigenvalue weighted by Gasteiger charge is 2.45. The molecule has 2 aliphatic rings. The first-order valence-corrected chi connectivity index (χ1v) is 8.13. The Balaban J connectivity index is 1.37. The molecule has 0 saturated heterocycles. The third kappa shape index (κ3) is 2.69. The number of aliphatic carboxylic acids is 1.